The number of sulfonamides is 1. The first-order valence-corrected chi connectivity index (χ1v) is 8.04. The third-order valence-corrected chi connectivity index (χ3v) is 5.21. The van der Waals surface area contributed by atoms with Gasteiger partial charge in [-0.2, -0.15) is 5.10 Å². The second-order valence-corrected chi connectivity index (χ2v) is 6.71. The van der Waals surface area contributed by atoms with E-state index in [0.717, 1.165) is 10.9 Å². The van der Waals surface area contributed by atoms with Crippen molar-refractivity contribution in [3.05, 3.63) is 53.1 Å². The van der Waals surface area contributed by atoms with Gasteiger partial charge in [0.2, 0.25) is 0 Å². The van der Waals surface area contributed by atoms with Crippen molar-refractivity contribution in [2.75, 3.05) is 4.72 Å². The molecule has 2 N–H and O–H groups in total. The van der Waals surface area contributed by atoms with Crippen LogP contribution in [0.3, 0.4) is 0 Å². The fraction of sp³-hybridized carbons (Fsp3) is 0. The minimum absolute atomic E-state index is 0.201. The van der Waals surface area contributed by atoms with Crippen molar-refractivity contribution in [3.8, 4) is 0 Å². The molecule has 1 aromatic heterocycles. The van der Waals surface area contributed by atoms with Crippen LogP contribution >= 0.6 is 15.9 Å². The van der Waals surface area contributed by atoms with Crippen LogP contribution in [0.25, 0.3) is 10.9 Å². The van der Waals surface area contributed by atoms with Gasteiger partial charge in [-0.25, -0.2) is 8.42 Å². The number of benzene rings is 2. The number of hydrogen-bond acceptors (Lipinski definition) is 3. The first kappa shape index (κ1) is 13.1. The normalized spacial score (nSPS) is 11.7. The molecule has 102 valence electrons. The largest absolute Gasteiger partial charge is 0.280 e. The highest BCUT2D eigenvalue weighted by Crippen LogP contribution is 2.25. The second-order valence-electron chi connectivity index (χ2n) is 4.21. The average Bonchev–Trinajstić information content (AvgIpc) is 2.86. The number of anilines is 1. The zero-order valence-electron chi connectivity index (χ0n) is 10.2. The number of aromatic amines is 1. The van der Waals surface area contributed by atoms with Crippen LogP contribution in [0.1, 0.15) is 0 Å². The summed E-state index contributed by atoms with van der Waals surface area (Å²) < 4.78 is 27.7. The SMILES string of the molecule is O=S(=O)(Nc1ccc2[nH]ncc2c1)c1ccccc1Br. The Labute approximate surface area is 124 Å². The molecule has 0 aliphatic rings. The summed E-state index contributed by atoms with van der Waals surface area (Å²) in [6.07, 6.45) is 1.64. The van der Waals surface area contributed by atoms with Crippen LogP contribution in [0, 0.1) is 0 Å². The number of nitrogens with one attached hydrogen (secondary N) is 2. The molecule has 2 aromatic carbocycles. The van der Waals surface area contributed by atoms with Crippen LogP contribution in [-0.2, 0) is 10.0 Å². The molecule has 0 aliphatic heterocycles. The molecule has 0 fully saturated rings. The third kappa shape index (κ3) is 2.41. The molecule has 0 aliphatic carbocycles. The smallest absolute Gasteiger partial charge is 0.263 e. The van der Waals surface area contributed by atoms with E-state index in [9.17, 15) is 8.42 Å². The fourth-order valence-electron chi connectivity index (χ4n) is 1.88. The zero-order valence-corrected chi connectivity index (χ0v) is 12.6. The van der Waals surface area contributed by atoms with E-state index in [4.69, 9.17) is 0 Å². The molecule has 0 saturated heterocycles. The molecule has 1 heterocycles. The van der Waals surface area contributed by atoms with Crippen molar-refractivity contribution < 1.29 is 8.42 Å². The lowest BCUT2D eigenvalue weighted by Crippen LogP contribution is -2.13. The first-order valence-electron chi connectivity index (χ1n) is 5.77. The predicted molar refractivity (Wildman–Crippen MR) is 81.0 cm³/mol. The average molecular weight is 352 g/mol. The minimum Gasteiger partial charge on any atom is -0.280 e. The van der Waals surface area contributed by atoms with Gasteiger partial charge in [0, 0.05) is 15.5 Å². The van der Waals surface area contributed by atoms with Gasteiger partial charge in [0.05, 0.1) is 11.7 Å². The number of nitrogens with zero attached hydrogens (tertiary/aromatic N) is 1. The first-order chi connectivity index (χ1) is 9.56. The monoisotopic (exact) mass is 351 g/mol. The van der Waals surface area contributed by atoms with Gasteiger partial charge < -0.3 is 0 Å². The number of aromatic nitrogens is 2. The molecule has 5 nitrogen and oxygen atoms in total. The lowest BCUT2D eigenvalue weighted by molar-refractivity contribution is 0.601. The Hall–Kier alpha value is -1.86. The van der Waals surface area contributed by atoms with Gasteiger partial charge in [0.25, 0.3) is 10.0 Å². The number of halogens is 1. The quantitative estimate of drug-likeness (QED) is 0.761. The Morgan fingerprint density at radius 2 is 1.95 bits per heavy atom. The Bertz CT molecular complexity index is 874. The molecule has 0 atom stereocenters. The van der Waals surface area contributed by atoms with Crippen molar-refractivity contribution in [1.29, 1.82) is 0 Å². The Kier molecular flexibility index (Phi) is 3.23. The van der Waals surface area contributed by atoms with Gasteiger partial charge >= 0.3 is 0 Å². The number of rotatable bonds is 3. The lowest BCUT2D eigenvalue weighted by Gasteiger charge is -2.09. The topological polar surface area (TPSA) is 74.8 Å². The van der Waals surface area contributed by atoms with Crippen LogP contribution in [0.15, 0.2) is 58.0 Å². The number of hydrogen-bond donors (Lipinski definition) is 2. The molecule has 20 heavy (non-hydrogen) atoms. The summed E-state index contributed by atoms with van der Waals surface area (Å²) in [7, 11) is -3.62. The summed E-state index contributed by atoms with van der Waals surface area (Å²) >= 11 is 3.24. The van der Waals surface area contributed by atoms with Crippen molar-refractivity contribution in [2.24, 2.45) is 0 Å². The number of fused-ring (bicyclic) bond motifs is 1. The van der Waals surface area contributed by atoms with E-state index in [0.29, 0.717) is 10.2 Å². The van der Waals surface area contributed by atoms with E-state index in [1.165, 1.54) is 0 Å². The predicted octanol–water partition coefficient (Wildman–Crippen LogP) is 3.13. The highest BCUT2D eigenvalue weighted by atomic mass is 79.9. The maximum absolute atomic E-state index is 12.3. The van der Waals surface area contributed by atoms with Crippen LogP contribution in [-0.4, -0.2) is 18.6 Å². The van der Waals surface area contributed by atoms with Crippen molar-refractivity contribution in [3.63, 3.8) is 0 Å². The van der Waals surface area contributed by atoms with Crippen molar-refractivity contribution >= 4 is 42.5 Å². The summed E-state index contributed by atoms with van der Waals surface area (Å²) in [6, 6.07) is 11.9. The summed E-state index contributed by atoms with van der Waals surface area (Å²) in [4.78, 5) is 0.201. The van der Waals surface area contributed by atoms with Crippen LogP contribution in [0.2, 0.25) is 0 Å². The van der Waals surface area contributed by atoms with E-state index in [1.807, 2.05) is 0 Å². The molecular formula is C13H10BrN3O2S. The summed E-state index contributed by atoms with van der Waals surface area (Å²) in [5, 5.41) is 7.56. The van der Waals surface area contributed by atoms with E-state index in [-0.39, 0.29) is 4.90 Å². The Morgan fingerprint density at radius 1 is 1.15 bits per heavy atom. The van der Waals surface area contributed by atoms with Gasteiger partial charge in [-0.1, -0.05) is 12.1 Å². The Balaban J connectivity index is 1.99. The molecule has 0 spiro atoms. The van der Waals surface area contributed by atoms with E-state index in [1.54, 1.807) is 48.7 Å². The van der Waals surface area contributed by atoms with Crippen LogP contribution in [0.4, 0.5) is 5.69 Å². The van der Waals surface area contributed by atoms with Crippen LogP contribution in [0.5, 0.6) is 0 Å². The molecule has 0 unspecified atom stereocenters. The molecule has 7 heteroatoms. The number of H-pyrrole nitrogens is 1. The van der Waals surface area contributed by atoms with Gasteiger partial charge in [0.15, 0.2) is 0 Å². The standard InChI is InChI=1S/C13H10BrN3O2S/c14-11-3-1-2-4-13(11)20(18,19)17-10-5-6-12-9(7-10)8-15-16-12/h1-8,17H,(H,15,16). The highest BCUT2D eigenvalue weighted by molar-refractivity contribution is 9.10. The van der Waals surface area contributed by atoms with E-state index >= 15 is 0 Å². The highest BCUT2D eigenvalue weighted by Gasteiger charge is 2.17. The van der Waals surface area contributed by atoms with Gasteiger partial charge in [-0.3, -0.25) is 9.82 Å². The fourth-order valence-corrected chi connectivity index (χ4v) is 3.93. The third-order valence-electron chi connectivity index (χ3n) is 2.82. The molecule has 0 saturated carbocycles. The zero-order chi connectivity index (χ0) is 14.2. The Morgan fingerprint density at radius 3 is 2.75 bits per heavy atom. The second kappa shape index (κ2) is 4.92. The summed E-state index contributed by atoms with van der Waals surface area (Å²) in [5.41, 5.74) is 1.35. The van der Waals surface area contributed by atoms with Gasteiger partial charge in [0.1, 0.15) is 4.90 Å². The minimum atomic E-state index is -3.62. The maximum atomic E-state index is 12.3. The summed E-state index contributed by atoms with van der Waals surface area (Å²) in [5.74, 6) is 0. The van der Waals surface area contributed by atoms with E-state index in [2.05, 4.69) is 30.8 Å². The maximum Gasteiger partial charge on any atom is 0.263 e. The molecule has 0 amide bonds. The molecular weight excluding hydrogens is 342 g/mol. The lowest BCUT2D eigenvalue weighted by atomic mass is 10.2. The van der Waals surface area contributed by atoms with Gasteiger partial charge in [-0.05, 0) is 46.3 Å². The van der Waals surface area contributed by atoms with Crippen molar-refractivity contribution in [1.82, 2.24) is 10.2 Å². The molecule has 3 rings (SSSR count). The molecule has 0 radical (unpaired) electrons. The molecule has 0 bridgehead atoms. The summed E-state index contributed by atoms with van der Waals surface area (Å²) in [6.45, 7) is 0. The van der Waals surface area contributed by atoms with Crippen LogP contribution < -0.4 is 4.72 Å². The molecule has 3 aromatic rings. The van der Waals surface area contributed by atoms with Crippen molar-refractivity contribution in [2.45, 2.75) is 4.90 Å². The van der Waals surface area contributed by atoms with E-state index < -0.39 is 10.0 Å². The van der Waals surface area contributed by atoms with Gasteiger partial charge in [-0.15, -0.1) is 0 Å².